The van der Waals surface area contributed by atoms with E-state index < -0.39 is 0 Å². The number of hydrogen-bond donors (Lipinski definition) is 0. The Bertz CT molecular complexity index is 517. The van der Waals surface area contributed by atoms with Gasteiger partial charge in [0, 0.05) is 11.8 Å². The van der Waals surface area contributed by atoms with Crippen LogP contribution in [0.1, 0.15) is 57.6 Å². The van der Waals surface area contributed by atoms with Crippen LogP contribution in [0.2, 0.25) is 0 Å². The standard InChI is InChI=1S/C19H27NO/c1-13(14-5-7-16(8-6-14)19(2,3)4)17-18(21)15-9-11-20(17)12-10-15/h5-8,13,15,17H,9-12H2,1-4H3. The van der Waals surface area contributed by atoms with Crippen LogP contribution in [0.3, 0.4) is 0 Å². The molecule has 0 aromatic heterocycles. The third-order valence-corrected chi connectivity index (χ3v) is 5.39. The second-order valence-corrected chi connectivity index (χ2v) is 7.82. The van der Waals surface area contributed by atoms with Gasteiger partial charge in [-0.25, -0.2) is 0 Å². The van der Waals surface area contributed by atoms with E-state index in [9.17, 15) is 4.79 Å². The van der Waals surface area contributed by atoms with E-state index >= 15 is 0 Å². The molecule has 0 N–H and O–H groups in total. The number of hydrogen-bond acceptors (Lipinski definition) is 2. The summed E-state index contributed by atoms with van der Waals surface area (Å²) in [5.41, 5.74) is 2.84. The van der Waals surface area contributed by atoms with Crippen LogP contribution >= 0.6 is 0 Å². The fourth-order valence-corrected chi connectivity index (χ4v) is 3.92. The average Bonchev–Trinajstić information content (AvgIpc) is 2.47. The molecule has 0 saturated carbocycles. The molecular formula is C19H27NO. The van der Waals surface area contributed by atoms with Gasteiger partial charge in [0.25, 0.3) is 0 Å². The molecule has 1 aromatic carbocycles. The lowest BCUT2D eigenvalue weighted by molar-refractivity contribution is -0.137. The highest BCUT2D eigenvalue weighted by Gasteiger charge is 2.43. The second kappa shape index (κ2) is 5.24. The normalized spacial score (nSPS) is 30.5. The molecular weight excluding hydrogens is 258 g/mol. The molecule has 0 amide bonds. The molecule has 21 heavy (non-hydrogen) atoms. The lowest BCUT2D eigenvalue weighted by Gasteiger charge is -2.46. The first kappa shape index (κ1) is 14.8. The quantitative estimate of drug-likeness (QED) is 0.825. The molecule has 2 nitrogen and oxygen atoms in total. The van der Waals surface area contributed by atoms with Gasteiger partial charge in [-0.15, -0.1) is 0 Å². The predicted molar refractivity (Wildman–Crippen MR) is 86.6 cm³/mol. The van der Waals surface area contributed by atoms with E-state index in [0.29, 0.717) is 17.6 Å². The highest BCUT2D eigenvalue weighted by molar-refractivity contribution is 5.88. The average molecular weight is 285 g/mol. The summed E-state index contributed by atoms with van der Waals surface area (Å²) in [6.07, 6.45) is 2.15. The molecule has 3 aliphatic heterocycles. The van der Waals surface area contributed by atoms with E-state index in [1.807, 2.05) is 0 Å². The summed E-state index contributed by atoms with van der Waals surface area (Å²) in [5.74, 6) is 1.12. The van der Waals surface area contributed by atoms with Gasteiger partial charge in [-0.2, -0.15) is 0 Å². The Hall–Kier alpha value is -1.15. The molecule has 2 atom stereocenters. The molecule has 2 unspecified atom stereocenters. The monoisotopic (exact) mass is 285 g/mol. The fraction of sp³-hybridized carbons (Fsp3) is 0.632. The molecule has 0 radical (unpaired) electrons. The Kier molecular flexibility index (Phi) is 3.69. The maximum Gasteiger partial charge on any atom is 0.153 e. The van der Waals surface area contributed by atoms with E-state index in [2.05, 4.69) is 56.9 Å². The van der Waals surface area contributed by atoms with Gasteiger partial charge in [0.2, 0.25) is 0 Å². The molecule has 1 aromatic rings. The van der Waals surface area contributed by atoms with Crippen molar-refractivity contribution in [1.29, 1.82) is 0 Å². The summed E-state index contributed by atoms with van der Waals surface area (Å²) in [6, 6.07) is 9.02. The van der Waals surface area contributed by atoms with Crippen molar-refractivity contribution in [3.05, 3.63) is 35.4 Å². The molecule has 3 aliphatic rings. The van der Waals surface area contributed by atoms with Crippen LogP contribution < -0.4 is 0 Å². The van der Waals surface area contributed by atoms with E-state index in [1.54, 1.807) is 0 Å². The Morgan fingerprint density at radius 3 is 2.14 bits per heavy atom. The topological polar surface area (TPSA) is 20.3 Å². The minimum Gasteiger partial charge on any atom is -0.298 e. The maximum atomic E-state index is 12.6. The van der Waals surface area contributed by atoms with Crippen molar-refractivity contribution in [3.8, 4) is 0 Å². The molecule has 3 fully saturated rings. The number of Topliss-reactive ketones (excluding diaryl/α,β-unsaturated/α-hetero) is 1. The van der Waals surface area contributed by atoms with Crippen LogP contribution in [0.5, 0.6) is 0 Å². The van der Waals surface area contributed by atoms with Gasteiger partial charge in [0.05, 0.1) is 6.04 Å². The smallest absolute Gasteiger partial charge is 0.153 e. The van der Waals surface area contributed by atoms with Crippen LogP contribution in [-0.4, -0.2) is 29.8 Å². The Balaban J connectivity index is 1.82. The fourth-order valence-electron chi connectivity index (χ4n) is 3.92. The first-order chi connectivity index (χ1) is 9.88. The molecule has 114 valence electrons. The van der Waals surface area contributed by atoms with Gasteiger partial charge >= 0.3 is 0 Å². The number of rotatable bonds is 2. The largest absolute Gasteiger partial charge is 0.298 e. The summed E-state index contributed by atoms with van der Waals surface area (Å²) in [4.78, 5) is 15.0. The first-order valence-electron chi connectivity index (χ1n) is 8.26. The molecule has 2 heteroatoms. The molecule has 4 rings (SSSR count). The molecule has 2 bridgehead atoms. The number of carbonyl (C=O) groups is 1. The van der Waals surface area contributed by atoms with Crippen molar-refractivity contribution >= 4 is 5.78 Å². The van der Waals surface area contributed by atoms with Gasteiger partial charge in [0.15, 0.2) is 5.78 Å². The zero-order valence-corrected chi connectivity index (χ0v) is 13.7. The summed E-state index contributed by atoms with van der Waals surface area (Å²) in [7, 11) is 0. The van der Waals surface area contributed by atoms with Crippen molar-refractivity contribution in [3.63, 3.8) is 0 Å². The first-order valence-corrected chi connectivity index (χ1v) is 8.26. The second-order valence-electron chi connectivity index (χ2n) is 7.82. The summed E-state index contributed by atoms with van der Waals surface area (Å²) < 4.78 is 0. The maximum absolute atomic E-state index is 12.6. The van der Waals surface area contributed by atoms with Gasteiger partial charge in [-0.3, -0.25) is 9.69 Å². The third-order valence-electron chi connectivity index (χ3n) is 5.39. The van der Waals surface area contributed by atoms with Gasteiger partial charge in [0.1, 0.15) is 0 Å². The molecule has 0 spiro atoms. The predicted octanol–water partition coefficient (Wildman–Crippen LogP) is 3.75. The Labute approximate surface area is 128 Å². The van der Waals surface area contributed by atoms with Crippen LogP contribution in [0.4, 0.5) is 0 Å². The zero-order chi connectivity index (χ0) is 15.2. The lowest BCUT2D eigenvalue weighted by Crippen LogP contribution is -2.57. The summed E-state index contributed by atoms with van der Waals surface area (Å²) in [6.45, 7) is 11.1. The Morgan fingerprint density at radius 1 is 1.10 bits per heavy atom. The van der Waals surface area contributed by atoms with Crippen molar-refractivity contribution in [1.82, 2.24) is 4.90 Å². The van der Waals surface area contributed by atoms with Crippen LogP contribution in [0.15, 0.2) is 24.3 Å². The number of nitrogens with zero attached hydrogens (tertiary/aromatic N) is 1. The SMILES string of the molecule is CC(c1ccc(C(C)(C)C)cc1)C1C(=O)C2CCN1CC2. The van der Waals surface area contributed by atoms with Gasteiger partial charge < -0.3 is 0 Å². The summed E-state index contributed by atoms with van der Waals surface area (Å²) in [5, 5.41) is 0. The van der Waals surface area contributed by atoms with E-state index in [4.69, 9.17) is 0 Å². The highest BCUT2D eigenvalue weighted by Crippen LogP contribution is 2.36. The lowest BCUT2D eigenvalue weighted by atomic mass is 9.75. The molecule has 3 saturated heterocycles. The molecule has 3 heterocycles. The van der Waals surface area contributed by atoms with E-state index in [1.165, 1.54) is 11.1 Å². The number of carbonyl (C=O) groups excluding carboxylic acids is 1. The zero-order valence-electron chi connectivity index (χ0n) is 13.7. The van der Waals surface area contributed by atoms with Crippen LogP contribution in [0.25, 0.3) is 0 Å². The van der Waals surface area contributed by atoms with Crippen molar-refractivity contribution in [2.24, 2.45) is 5.92 Å². The summed E-state index contributed by atoms with van der Waals surface area (Å²) >= 11 is 0. The van der Waals surface area contributed by atoms with E-state index in [-0.39, 0.29) is 11.5 Å². The number of ketones is 1. The van der Waals surface area contributed by atoms with Crippen molar-refractivity contribution in [2.75, 3.05) is 13.1 Å². The third kappa shape index (κ3) is 2.66. The number of fused-ring (bicyclic) bond motifs is 3. The number of benzene rings is 1. The van der Waals surface area contributed by atoms with Crippen molar-refractivity contribution in [2.45, 2.75) is 57.9 Å². The van der Waals surface area contributed by atoms with E-state index in [0.717, 1.165) is 25.9 Å². The minimum atomic E-state index is 0.109. The number of piperidine rings is 3. The van der Waals surface area contributed by atoms with Crippen LogP contribution in [-0.2, 0) is 10.2 Å². The van der Waals surface area contributed by atoms with Gasteiger partial charge in [-0.1, -0.05) is 52.0 Å². The van der Waals surface area contributed by atoms with Crippen molar-refractivity contribution < 1.29 is 4.79 Å². The van der Waals surface area contributed by atoms with Crippen LogP contribution in [0, 0.1) is 5.92 Å². The molecule has 0 aliphatic carbocycles. The Morgan fingerprint density at radius 2 is 1.67 bits per heavy atom. The highest BCUT2D eigenvalue weighted by atomic mass is 16.1. The van der Waals surface area contributed by atoms with Gasteiger partial charge in [-0.05, 0) is 42.5 Å². The minimum absolute atomic E-state index is 0.109.